The Morgan fingerprint density at radius 1 is 1.38 bits per heavy atom. The lowest BCUT2D eigenvalue weighted by Gasteiger charge is -2.26. The number of amides is 2. The summed E-state index contributed by atoms with van der Waals surface area (Å²) in [4.78, 5) is 11.9. The highest BCUT2D eigenvalue weighted by Gasteiger charge is 2.20. The van der Waals surface area contributed by atoms with Crippen LogP contribution in [0.4, 0.5) is 4.79 Å². The molecule has 0 saturated heterocycles. The summed E-state index contributed by atoms with van der Waals surface area (Å²) in [6.07, 6.45) is 2.95. The molecule has 6 heteroatoms. The summed E-state index contributed by atoms with van der Waals surface area (Å²) in [7, 11) is 1.61. The molecular weight excluding hydrogens is 336 g/mol. The molecule has 2 amide bonds. The summed E-state index contributed by atoms with van der Waals surface area (Å²) in [6.45, 7) is 0.407. The van der Waals surface area contributed by atoms with Crippen molar-refractivity contribution in [3.05, 3.63) is 28.2 Å². The monoisotopic (exact) mass is 356 g/mol. The lowest BCUT2D eigenvalue weighted by Crippen LogP contribution is -2.43. The van der Waals surface area contributed by atoms with Crippen molar-refractivity contribution in [3.8, 4) is 5.75 Å². The molecule has 1 aliphatic carbocycles. The Bertz CT molecular complexity index is 488. The fourth-order valence-corrected chi connectivity index (χ4v) is 2.93. The van der Waals surface area contributed by atoms with Crippen LogP contribution in [0.3, 0.4) is 0 Å². The quantitative estimate of drug-likeness (QED) is 0.776. The number of carbonyl (C=O) groups excluding carboxylic acids is 1. The molecule has 0 bridgehead atoms. The van der Waals surface area contributed by atoms with Crippen molar-refractivity contribution in [1.82, 2.24) is 10.6 Å². The van der Waals surface area contributed by atoms with Crippen LogP contribution in [0.1, 0.15) is 31.2 Å². The second-order valence-electron chi connectivity index (χ2n) is 5.29. The molecule has 0 atom stereocenters. The third-order valence-electron chi connectivity index (χ3n) is 3.71. The maximum absolute atomic E-state index is 11.9. The van der Waals surface area contributed by atoms with Crippen molar-refractivity contribution in [3.63, 3.8) is 0 Å². The number of hydrogen-bond acceptors (Lipinski definition) is 3. The number of halogens is 1. The summed E-state index contributed by atoms with van der Waals surface area (Å²) in [5.41, 5.74) is 0.918. The van der Waals surface area contributed by atoms with E-state index in [4.69, 9.17) is 4.74 Å². The fraction of sp³-hybridized carbons (Fsp3) is 0.533. The van der Waals surface area contributed by atoms with E-state index in [1.807, 2.05) is 18.2 Å². The molecule has 0 heterocycles. The van der Waals surface area contributed by atoms with E-state index >= 15 is 0 Å². The molecule has 1 aliphatic rings. The lowest BCUT2D eigenvalue weighted by molar-refractivity contribution is 0.117. The first-order valence-corrected chi connectivity index (χ1v) is 7.92. The third-order valence-corrected chi connectivity index (χ3v) is 4.21. The molecule has 5 nitrogen and oxygen atoms in total. The van der Waals surface area contributed by atoms with E-state index < -0.39 is 0 Å². The maximum Gasteiger partial charge on any atom is 0.315 e. The normalized spacial score (nSPS) is 21.7. The number of rotatable bonds is 4. The number of nitrogens with one attached hydrogen (secondary N) is 2. The van der Waals surface area contributed by atoms with Crippen LogP contribution in [-0.4, -0.2) is 30.4 Å². The molecule has 2 rings (SSSR count). The van der Waals surface area contributed by atoms with Gasteiger partial charge in [-0.05, 0) is 43.9 Å². The fourth-order valence-electron chi connectivity index (χ4n) is 2.52. The average molecular weight is 357 g/mol. The number of hydrogen-bond donors (Lipinski definition) is 3. The number of benzene rings is 1. The SMILES string of the molecule is COc1ccc(Br)cc1CNC(=O)NC1CCC(O)CC1. The van der Waals surface area contributed by atoms with Gasteiger partial charge in [-0.15, -0.1) is 0 Å². The van der Waals surface area contributed by atoms with Gasteiger partial charge in [0.1, 0.15) is 5.75 Å². The van der Waals surface area contributed by atoms with Gasteiger partial charge in [0, 0.05) is 22.6 Å². The summed E-state index contributed by atoms with van der Waals surface area (Å²) in [6, 6.07) is 5.66. The van der Waals surface area contributed by atoms with Crippen LogP contribution in [-0.2, 0) is 6.54 Å². The summed E-state index contributed by atoms with van der Waals surface area (Å²) in [5.74, 6) is 0.749. The third kappa shape index (κ3) is 4.89. The first-order valence-electron chi connectivity index (χ1n) is 7.13. The van der Waals surface area contributed by atoms with Gasteiger partial charge in [-0.3, -0.25) is 0 Å². The van der Waals surface area contributed by atoms with Crippen LogP contribution >= 0.6 is 15.9 Å². The lowest BCUT2D eigenvalue weighted by atomic mass is 9.93. The van der Waals surface area contributed by atoms with Crippen molar-refractivity contribution in [1.29, 1.82) is 0 Å². The number of aliphatic hydroxyl groups excluding tert-OH is 1. The molecule has 1 aromatic carbocycles. The number of ether oxygens (including phenoxy) is 1. The minimum Gasteiger partial charge on any atom is -0.496 e. The predicted molar refractivity (Wildman–Crippen MR) is 84.3 cm³/mol. The average Bonchev–Trinajstić information content (AvgIpc) is 2.48. The van der Waals surface area contributed by atoms with E-state index in [0.29, 0.717) is 6.54 Å². The Labute approximate surface area is 133 Å². The number of aliphatic hydroxyl groups is 1. The van der Waals surface area contributed by atoms with E-state index in [9.17, 15) is 9.90 Å². The first kappa shape index (κ1) is 16.1. The van der Waals surface area contributed by atoms with Crippen LogP contribution in [0, 0.1) is 0 Å². The molecule has 0 spiro atoms. The molecule has 116 valence electrons. The van der Waals surface area contributed by atoms with Crippen molar-refractivity contribution >= 4 is 22.0 Å². The molecule has 0 aromatic heterocycles. The molecule has 21 heavy (non-hydrogen) atoms. The van der Waals surface area contributed by atoms with Gasteiger partial charge in [0.2, 0.25) is 0 Å². The van der Waals surface area contributed by atoms with Gasteiger partial charge in [-0.1, -0.05) is 15.9 Å². The van der Waals surface area contributed by atoms with Crippen molar-refractivity contribution in [2.45, 2.75) is 44.4 Å². The van der Waals surface area contributed by atoms with Crippen LogP contribution in [0.15, 0.2) is 22.7 Å². The topological polar surface area (TPSA) is 70.6 Å². The molecule has 1 aromatic rings. The van der Waals surface area contributed by atoms with Gasteiger partial charge in [0.05, 0.1) is 13.2 Å². The van der Waals surface area contributed by atoms with E-state index in [2.05, 4.69) is 26.6 Å². The molecular formula is C15H21BrN2O3. The van der Waals surface area contributed by atoms with Gasteiger partial charge in [0.25, 0.3) is 0 Å². The number of urea groups is 1. The molecule has 0 aliphatic heterocycles. The van der Waals surface area contributed by atoms with Crippen LogP contribution in [0.2, 0.25) is 0 Å². The molecule has 1 saturated carbocycles. The predicted octanol–water partition coefficient (Wildman–Crippen LogP) is 2.56. The van der Waals surface area contributed by atoms with E-state index in [1.165, 1.54) is 0 Å². The van der Waals surface area contributed by atoms with Crippen molar-refractivity contribution in [2.24, 2.45) is 0 Å². The van der Waals surface area contributed by atoms with Gasteiger partial charge in [-0.2, -0.15) is 0 Å². The zero-order valence-corrected chi connectivity index (χ0v) is 13.6. The second kappa shape index (κ2) is 7.66. The largest absolute Gasteiger partial charge is 0.496 e. The molecule has 3 N–H and O–H groups in total. The van der Waals surface area contributed by atoms with Gasteiger partial charge in [-0.25, -0.2) is 4.79 Å². The van der Waals surface area contributed by atoms with Crippen LogP contribution < -0.4 is 15.4 Å². The summed E-state index contributed by atoms with van der Waals surface area (Å²) < 4.78 is 6.22. The maximum atomic E-state index is 11.9. The Kier molecular flexibility index (Phi) is 5.87. The van der Waals surface area contributed by atoms with Gasteiger partial charge in [0.15, 0.2) is 0 Å². The standard InChI is InChI=1S/C15H21BrN2O3/c1-21-14-7-2-11(16)8-10(14)9-17-15(20)18-12-3-5-13(19)6-4-12/h2,7-8,12-13,19H,3-6,9H2,1H3,(H2,17,18,20). The van der Waals surface area contributed by atoms with Crippen molar-refractivity contribution < 1.29 is 14.6 Å². The Morgan fingerprint density at radius 2 is 2.10 bits per heavy atom. The zero-order chi connectivity index (χ0) is 15.2. The van der Waals surface area contributed by atoms with Crippen LogP contribution in [0.5, 0.6) is 5.75 Å². The summed E-state index contributed by atoms with van der Waals surface area (Å²) in [5, 5.41) is 15.2. The Morgan fingerprint density at radius 3 is 2.76 bits per heavy atom. The minimum absolute atomic E-state index is 0.151. The highest BCUT2D eigenvalue weighted by molar-refractivity contribution is 9.10. The molecule has 1 fully saturated rings. The van der Waals surface area contributed by atoms with Gasteiger partial charge >= 0.3 is 6.03 Å². The summed E-state index contributed by atoms with van der Waals surface area (Å²) >= 11 is 3.41. The smallest absolute Gasteiger partial charge is 0.315 e. The molecule has 0 radical (unpaired) electrons. The second-order valence-corrected chi connectivity index (χ2v) is 6.20. The minimum atomic E-state index is -0.211. The van der Waals surface area contributed by atoms with Crippen molar-refractivity contribution in [2.75, 3.05) is 7.11 Å². The number of carbonyl (C=O) groups is 1. The van der Waals surface area contributed by atoms with E-state index in [0.717, 1.165) is 41.5 Å². The van der Waals surface area contributed by atoms with Crippen LogP contribution in [0.25, 0.3) is 0 Å². The highest BCUT2D eigenvalue weighted by atomic mass is 79.9. The van der Waals surface area contributed by atoms with E-state index in [-0.39, 0.29) is 18.2 Å². The Balaban J connectivity index is 1.82. The highest BCUT2D eigenvalue weighted by Crippen LogP contribution is 2.23. The van der Waals surface area contributed by atoms with Gasteiger partial charge < -0.3 is 20.5 Å². The zero-order valence-electron chi connectivity index (χ0n) is 12.1. The Hall–Kier alpha value is -1.27. The molecule has 0 unspecified atom stereocenters. The number of methoxy groups -OCH3 is 1. The van der Waals surface area contributed by atoms with E-state index in [1.54, 1.807) is 7.11 Å². The first-order chi connectivity index (χ1) is 10.1.